The molecule has 1 aliphatic rings. The Morgan fingerprint density at radius 1 is 1.41 bits per heavy atom. The summed E-state index contributed by atoms with van der Waals surface area (Å²) in [6, 6.07) is 0. The van der Waals surface area contributed by atoms with Crippen LogP contribution in [-0.4, -0.2) is 5.78 Å². The van der Waals surface area contributed by atoms with Gasteiger partial charge in [0.15, 0.2) is 0 Å². The van der Waals surface area contributed by atoms with E-state index in [-0.39, 0.29) is 11.3 Å². The van der Waals surface area contributed by atoms with Crippen LogP contribution in [0.3, 0.4) is 0 Å². The van der Waals surface area contributed by atoms with Crippen molar-refractivity contribution in [2.75, 3.05) is 0 Å². The molecular formula is C16H26O. The molecule has 1 heteroatoms. The van der Waals surface area contributed by atoms with Gasteiger partial charge in [0, 0.05) is 12.3 Å². The molecule has 0 bridgehead atoms. The second kappa shape index (κ2) is 5.66. The molecule has 2 atom stereocenters. The Bertz CT molecular complexity index is 318. The van der Waals surface area contributed by atoms with Crippen molar-refractivity contribution in [3.05, 3.63) is 24.3 Å². The van der Waals surface area contributed by atoms with Crippen LogP contribution in [-0.2, 0) is 4.79 Å². The fourth-order valence-electron chi connectivity index (χ4n) is 2.75. The second-order valence-corrected chi connectivity index (χ2v) is 6.30. The van der Waals surface area contributed by atoms with Crippen molar-refractivity contribution in [2.24, 2.45) is 17.3 Å². The lowest BCUT2D eigenvalue weighted by Crippen LogP contribution is -2.37. The van der Waals surface area contributed by atoms with Gasteiger partial charge in [-0.3, -0.25) is 4.79 Å². The standard InChI is InChI=1S/C16H26O/c1-6-7-14-10-13(9-8-12(2)3)15(17)11-16(14,4)5/h6,8,13-14H,1,7,9-11H2,2-5H3/t13-,14-/m0/s1. The third-order valence-electron chi connectivity index (χ3n) is 4.02. The normalized spacial score (nSPS) is 27.6. The quantitative estimate of drug-likeness (QED) is 0.653. The average Bonchev–Trinajstić information content (AvgIpc) is 2.19. The van der Waals surface area contributed by atoms with Crippen molar-refractivity contribution in [2.45, 2.75) is 53.4 Å². The van der Waals surface area contributed by atoms with Gasteiger partial charge in [-0.2, -0.15) is 0 Å². The lowest BCUT2D eigenvalue weighted by atomic mass is 9.63. The predicted octanol–water partition coefficient (Wildman–Crippen LogP) is 4.54. The minimum absolute atomic E-state index is 0.146. The van der Waals surface area contributed by atoms with Crippen molar-refractivity contribution in [3.63, 3.8) is 0 Å². The largest absolute Gasteiger partial charge is 0.299 e. The Balaban J connectivity index is 2.73. The Morgan fingerprint density at radius 2 is 2.06 bits per heavy atom. The van der Waals surface area contributed by atoms with E-state index < -0.39 is 0 Å². The summed E-state index contributed by atoms with van der Waals surface area (Å²) in [6.45, 7) is 12.5. The third kappa shape index (κ3) is 3.83. The van der Waals surface area contributed by atoms with E-state index in [2.05, 4.69) is 40.3 Å². The van der Waals surface area contributed by atoms with Crippen LogP contribution in [0, 0.1) is 17.3 Å². The first-order chi connectivity index (χ1) is 7.86. The number of carbonyl (C=O) groups excluding carboxylic acids is 1. The summed E-state index contributed by atoms with van der Waals surface area (Å²) in [6.07, 6.45) is 7.91. The van der Waals surface area contributed by atoms with E-state index in [0.29, 0.717) is 11.7 Å². The summed E-state index contributed by atoms with van der Waals surface area (Å²) in [7, 11) is 0. The number of allylic oxidation sites excluding steroid dienone is 3. The third-order valence-corrected chi connectivity index (χ3v) is 4.02. The van der Waals surface area contributed by atoms with Gasteiger partial charge < -0.3 is 0 Å². The fraction of sp³-hybridized carbons (Fsp3) is 0.688. The number of carbonyl (C=O) groups is 1. The number of Topliss-reactive ketones (excluding diaryl/α,β-unsaturated/α-hetero) is 1. The highest BCUT2D eigenvalue weighted by atomic mass is 16.1. The van der Waals surface area contributed by atoms with Crippen LogP contribution in [0.15, 0.2) is 24.3 Å². The molecule has 0 radical (unpaired) electrons. The van der Waals surface area contributed by atoms with E-state index in [1.165, 1.54) is 5.57 Å². The molecule has 1 saturated carbocycles. The van der Waals surface area contributed by atoms with Crippen LogP contribution in [0.25, 0.3) is 0 Å². The second-order valence-electron chi connectivity index (χ2n) is 6.30. The molecule has 17 heavy (non-hydrogen) atoms. The van der Waals surface area contributed by atoms with E-state index in [9.17, 15) is 4.79 Å². The molecule has 1 nitrogen and oxygen atoms in total. The summed E-state index contributed by atoms with van der Waals surface area (Å²) in [5, 5.41) is 0. The lowest BCUT2D eigenvalue weighted by molar-refractivity contribution is -0.130. The summed E-state index contributed by atoms with van der Waals surface area (Å²) in [5.74, 6) is 1.30. The summed E-state index contributed by atoms with van der Waals surface area (Å²) < 4.78 is 0. The summed E-state index contributed by atoms with van der Waals surface area (Å²) in [5.41, 5.74) is 1.45. The molecular weight excluding hydrogens is 208 g/mol. The molecule has 96 valence electrons. The van der Waals surface area contributed by atoms with Gasteiger partial charge in [0.25, 0.3) is 0 Å². The zero-order valence-corrected chi connectivity index (χ0v) is 11.8. The van der Waals surface area contributed by atoms with Crippen molar-refractivity contribution in [3.8, 4) is 0 Å². The molecule has 0 spiro atoms. The van der Waals surface area contributed by atoms with Gasteiger partial charge in [0.05, 0.1) is 0 Å². The smallest absolute Gasteiger partial charge is 0.136 e. The Hall–Kier alpha value is -0.850. The number of rotatable bonds is 4. The topological polar surface area (TPSA) is 17.1 Å². The molecule has 0 aliphatic heterocycles. The van der Waals surface area contributed by atoms with Crippen LogP contribution in [0.4, 0.5) is 0 Å². The van der Waals surface area contributed by atoms with E-state index in [1.807, 2.05) is 6.08 Å². The maximum absolute atomic E-state index is 12.1. The maximum Gasteiger partial charge on any atom is 0.136 e. The first kappa shape index (κ1) is 14.2. The summed E-state index contributed by atoms with van der Waals surface area (Å²) in [4.78, 5) is 12.1. The molecule has 0 saturated heterocycles. The fourth-order valence-corrected chi connectivity index (χ4v) is 2.75. The first-order valence-corrected chi connectivity index (χ1v) is 6.63. The van der Waals surface area contributed by atoms with E-state index in [1.54, 1.807) is 0 Å². The molecule has 0 N–H and O–H groups in total. The van der Waals surface area contributed by atoms with Crippen LogP contribution in [0.1, 0.15) is 53.4 Å². The first-order valence-electron chi connectivity index (χ1n) is 6.63. The van der Waals surface area contributed by atoms with Crippen molar-refractivity contribution in [1.82, 2.24) is 0 Å². The van der Waals surface area contributed by atoms with Crippen molar-refractivity contribution < 1.29 is 4.79 Å². The van der Waals surface area contributed by atoms with Crippen LogP contribution >= 0.6 is 0 Å². The van der Waals surface area contributed by atoms with Crippen LogP contribution in [0.5, 0.6) is 0 Å². The van der Waals surface area contributed by atoms with Crippen molar-refractivity contribution in [1.29, 1.82) is 0 Å². The van der Waals surface area contributed by atoms with Crippen molar-refractivity contribution >= 4 is 5.78 Å². The molecule has 0 unspecified atom stereocenters. The van der Waals surface area contributed by atoms with Crippen LogP contribution < -0.4 is 0 Å². The Labute approximate surface area is 106 Å². The molecule has 0 heterocycles. The lowest BCUT2D eigenvalue weighted by Gasteiger charge is -2.41. The molecule has 1 aliphatic carbocycles. The minimum Gasteiger partial charge on any atom is -0.299 e. The molecule has 0 aromatic carbocycles. The Morgan fingerprint density at radius 3 is 2.59 bits per heavy atom. The number of hydrogen-bond acceptors (Lipinski definition) is 1. The molecule has 0 aromatic heterocycles. The predicted molar refractivity (Wildman–Crippen MR) is 73.9 cm³/mol. The minimum atomic E-state index is 0.146. The summed E-state index contributed by atoms with van der Waals surface area (Å²) >= 11 is 0. The van der Waals surface area contributed by atoms with E-state index >= 15 is 0 Å². The number of hydrogen-bond donors (Lipinski definition) is 0. The van der Waals surface area contributed by atoms with E-state index in [4.69, 9.17) is 0 Å². The van der Waals surface area contributed by atoms with E-state index in [0.717, 1.165) is 25.7 Å². The van der Waals surface area contributed by atoms with Gasteiger partial charge in [0.1, 0.15) is 5.78 Å². The monoisotopic (exact) mass is 234 g/mol. The SMILES string of the molecule is C=CC[C@H]1C[C@H](CC=C(C)C)C(=O)CC1(C)C. The van der Waals surface area contributed by atoms with Gasteiger partial charge in [0.2, 0.25) is 0 Å². The van der Waals surface area contributed by atoms with Gasteiger partial charge in [-0.15, -0.1) is 6.58 Å². The molecule has 1 fully saturated rings. The zero-order chi connectivity index (χ0) is 13.1. The zero-order valence-electron chi connectivity index (χ0n) is 11.8. The molecule has 1 rings (SSSR count). The highest BCUT2D eigenvalue weighted by Gasteiger charge is 2.39. The van der Waals surface area contributed by atoms with Gasteiger partial charge in [-0.05, 0) is 44.4 Å². The number of ketones is 1. The molecule has 0 aromatic rings. The van der Waals surface area contributed by atoms with Gasteiger partial charge in [-0.1, -0.05) is 31.6 Å². The van der Waals surface area contributed by atoms with Gasteiger partial charge >= 0.3 is 0 Å². The average molecular weight is 234 g/mol. The van der Waals surface area contributed by atoms with Gasteiger partial charge in [-0.25, -0.2) is 0 Å². The van der Waals surface area contributed by atoms with Crippen LogP contribution in [0.2, 0.25) is 0 Å². The molecule has 0 amide bonds. The Kier molecular flexibility index (Phi) is 4.73. The highest BCUT2D eigenvalue weighted by molar-refractivity contribution is 5.82. The maximum atomic E-state index is 12.1. The highest BCUT2D eigenvalue weighted by Crippen LogP contribution is 2.44.